The highest BCUT2D eigenvalue weighted by atomic mass is 35.5. The quantitative estimate of drug-likeness (QED) is 0.606. The summed E-state index contributed by atoms with van der Waals surface area (Å²) in [6, 6.07) is 8.45. The lowest BCUT2D eigenvalue weighted by Gasteiger charge is -2.31. The summed E-state index contributed by atoms with van der Waals surface area (Å²) >= 11 is 1.53. The maximum absolute atomic E-state index is 12.8. The van der Waals surface area contributed by atoms with Gasteiger partial charge in [0.25, 0.3) is 5.91 Å². The summed E-state index contributed by atoms with van der Waals surface area (Å²) in [6.07, 6.45) is 2.89. The Hall–Kier alpha value is -1.18. The molecule has 1 aromatic heterocycles. The molecule has 1 amide bonds. The van der Waals surface area contributed by atoms with E-state index in [9.17, 15) is 4.79 Å². The minimum Gasteiger partial charge on any atom is -0.378 e. The van der Waals surface area contributed by atoms with Gasteiger partial charge in [0.2, 0.25) is 0 Å². The van der Waals surface area contributed by atoms with Gasteiger partial charge in [0.1, 0.15) is 10.7 Å². The molecule has 0 saturated carbocycles. The highest BCUT2D eigenvalue weighted by molar-refractivity contribution is 7.13. The molecule has 29 heavy (non-hydrogen) atoms. The average molecular weight is 460 g/mol. The molecule has 2 heterocycles. The number of benzene rings is 1. The summed E-state index contributed by atoms with van der Waals surface area (Å²) in [5.74, 6) is 0.534. The number of halogens is 2. The second kappa shape index (κ2) is 12.5. The van der Waals surface area contributed by atoms with Crippen molar-refractivity contribution in [3.63, 3.8) is 0 Å². The summed E-state index contributed by atoms with van der Waals surface area (Å²) in [4.78, 5) is 19.3. The number of amides is 1. The van der Waals surface area contributed by atoms with Gasteiger partial charge in [0.05, 0.1) is 6.10 Å². The van der Waals surface area contributed by atoms with Gasteiger partial charge >= 0.3 is 0 Å². The maximum Gasteiger partial charge on any atom is 0.273 e. The molecule has 2 N–H and O–H groups in total. The van der Waals surface area contributed by atoms with Gasteiger partial charge in [0, 0.05) is 30.6 Å². The molecule has 0 aliphatic carbocycles. The lowest BCUT2D eigenvalue weighted by molar-refractivity contribution is 0.00831. The lowest BCUT2D eigenvalue weighted by Crippen LogP contribution is -2.41. The number of hydrogen-bond donors (Lipinski definition) is 1. The number of aromatic nitrogens is 1. The topological polar surface area (TPSA) is 68.5 Å². The lowest BCUT2D eigenvalue weighted by atomic mass is 10.0. The number of carbonyl (C=O) groups excluding carboxylic acids is 1. The van der Waals surface area contributed by atoms with E-state index in [1.807, 2.05) is 10.3 Å². The van der Waals surface area contributed by atoms with Gasteiger partial charge < -0.3 is 15.4 Å². The third kappa shape index (κ3) is 6.93. The van der Waals surface area contributed by atoms with Gasteiger partial charge in [-0.05, 0) is 37.3 Å². The predicted molar refractivity (Wildman–Crippen MR) is 125 cm³/mol. The fourth-order valence-corrected chi connectivity index (χ4v) is 4.04. The Morgan fingerprint density at radius 3 is 2.48 bits per heavy atom. The van der Waals surface area contributed by atoms with Gasteiger partial charge in [-0.2, -0.15) is 0 Å². The van der Waals surface area contributed by atoms with E-state index in [1.165, 1.54) is 16.9 Å². The summed E-state index contributed by atoms with van der Waals surface area (Å²) in [5, 5.41) is 2.77. The second-order valence-electron chi connectivity index (χ2n) is 7.32. The highest BCUT2D eigenvalue weighted by Gasteiger charge is 2.25. The van der Waals surface area contributed by atoms with Crippen molar-refractivity contribution in [1.82, 2.24) is 9.88 Å². The summed E-state index contributed by atoms with van der Waals surface area (Å²) in [7, 11) is 0. The van der Waals surface area contributed by atoms with Crippen LogP contribution in [0.25, 0.3) is 10.6 Å². The van der Waals surface area contributed by atoms with Crippen LogP contribution < -0.4 is 5.73 Å². The fourth-order valence-electron chi connectivity index (χ4n) is 3.24. The largest absolute Gasteiger partial charge is 0.378 e. The van der Waals surface area contributed by atoms with Crippen LogP contribution in [0.5, 0.6) is 0 Å². The fraction of sp³-hybridized carbons (Fsp3) is 0.524. The molecule has 3 rings (SSSR count). The Kier molecular flexibility index (Phi) is 11.1. The van der Waals surface area contributed by atoms with Crippen LogP contribution in [0, 0.1) is 0 Å². The number of nitrogens with zero attached hydrogens (tertiary/aromatic N) is 2. The predicted octanol–water partition coefficient (Wildman–Crippen LogP) is 4.75. The van der Waals surface area contributed by atoms with Crippen molar-refractivity contribution in [2.24, 2.45) is 5.73 Å². The van der Waals surface area contributed by atoms with Crippen LogP contribution in [0.1, 0.15) is 55.1 Å². The van der Waals surface area contributed by atoms with Crippen molar-refractivity contribution in [1.29, 1.82) is 0 Å². The van der Waals surface area contributed by atoms with E-state index in [0.29, 0.717) is 24.8 Å². The zero-order valence-electron chi connectivity index (χ0n) is 17.0. The van der Waals surface area contributed by atoms with Crippen LogP contribution in [0.4, 0.5) is 0 Å². The second-order valence-corrected chi connectivity index (χ2v) is 8.18. The van der Waals surface area contributed by atoms with E-state index in [0.717, 1.165) is 42.9 Å². The monoisotopic (exact) mass is 459 g/mol. The smallest absolute Gasteiger partial charge is 0.273 e. The molecule has 0 bridgehead atoms. The molecule has 1 fully saturated rings. The first kappa shape index (κ1) is 25.9. The van der Waals surface area contributed by atoms with E-state index in [-0.39, 0.29) is 36.8 Å². The first-order valence-electron chi connectivity index (χ1n) is 9.75. The van der Waals surface area contributed by atoms with Crippen molar-refractivity contribution in [2.75, 3.05) is 26.2 Å². The average Bonchev–Trinajstić information content (AvgIpc) is 3.18. The van der Waals surface area contributed by atoms with Gasteiger partial charge in [-0.3, -0.25) is 4.79 Å². The van der Waals surface area contributed by atoms with Crippen LogP contribution in [0.3, 0.4) is 0 Å². The summed E-state index contributed by atoms with van der Waals surface area (Å²) < 4.78 is 5.81. The van der Waals surface area contributed by atoms with Crippen LogP contribution in [-0.4, -0.2) is 48.1 Å². The number of thiazole rings is 1. The maximum atomic E-state index is 12.8. The molecule has 2 aromatic rings. The molecule has 0 radical (unpaired) electrons. The number of ether oxygens (including phenoxy) is 1. The van der Waals surface area contributed by atoms with E-state index in [4.69, 9.17) is 10.5 Å². The molecule has 1 saturated heterocycles. The third-order valence-corrected chi connectivity index (χ3v) is 5.87. The Labute approximate surface area is 189 Å². The number of rotatable bonds is 7. The molecule has 162 valence electrons. The van der Waals surface area contributed by atoms with Gasteiger partial charge in [-0.15, -0.1) is 36.2 Å². The Morgan fingerprint density at radius 2 is 1.90 bits per heavy atom. The number of nitrogens with two attached hydrogens (primary N) is 1. The number of likely N-dealkylation sites (tertiary alicyclic amines) is 1. The minimum absolute atomic E-state index is 0. The minimum atomic E-state index is 0. The van der Waals surface area contributed by atoms with E-state index < -0.39 is 0 Å². The van der Waals surface area contributed by atoms with Crippen molar-refractivity contribution in [3.8, 4) is 10.6 Å². The molecule has 8 heteroatoms. The van der Waals surface area contributed by atoms with E-state index >= 15 is 0 Å². The van der Waals surface area contributed by atoms with Crippen molar-refractivity contribution in [2.45, 2.75) is 45.1 Å². The molecular formula is C21H31Cl2N3O2S. The normalized spacial score (nSPS) is 14.4. The molecule has 0 spiro atoms. The summed E-state index contributed by atoms with van der Waals surface area (Å²) in [6.45, 7) is 7.18. The van der Waals surface area contributed by atoms with Crippen molar-refractivity contribution < 1.29 is 9.53 Å². The van der Waals surface area contributed by atoms with Crippen LogP contribution in [0.2, 0.25) is 0 Å². The first-order chi connectivity index (χ1) is 13.1. The first-order valence-corrected chi connectivity index (χ1v) is 10.6. The highest BCUT2D eigenvalue weighted by Crippen LogP contribution is 2.27. The molecule has 5 nitrogen and oxygen atoms in total. The zero-order chi connectivity index (χ0) is 19.2. The van der Waals surface area contributed by atoms with Gasteiger partial charge in [0.15, 0.2) is 0 Å². The molecule has 0 unspecified atom stereocenters. The molecule has 1 aliphatic rings. The van der Waals surface area contributed by atoms with Crippen molar-refractivity contribution in [3.05, 3.63) is 40.9 Å². The molecular weight excluding hydrogens is 429 g/mol. The van der Waals surface area contributed by atoms with E-state index in [1.54, 1.807) is 0 Å². The zero-order valence-corrected chi connectivity index (χ0v) is 19.5. The molecule has 1 aromatic carbocycles. The van der Waals surface area contributed by atoms with Crippen LogP contribution in [0.15, 0.2) is 29.6 Å². The number of hydrogen-bond acceptors (Lipinski definition) is 5. The van der Waals surface area contributed by atoms with Gasteiger partial charge in [-0.1, -0.05) is 38.1 Å². The number of piperidine rings is 1. The van der Waals surface area contributed by atoms with Crippen LogP contribution >= 0.6 is 36.2 Å². The molecule has 1 aliphatic heterocycles. The third-order valence-electron chi connectivity index (χ3n) is 4.98. The Bertz CT molecular complexity index is 745. The number of carbonyl (C=O) groups is 1. The van der Waals surface area contributed by atoms with Crippen LogP contribution in [-0.2, 0) is 4.74 Å². The Morgan fingerprint density at radius 1 is 1.24 bits per heavy atom. The van der Waals surface area contributed by atoms with Gasteiger partial charge in [-0.25, -0.2) is 4.98 Å². The van der Waals surface area contributed by atoms with E-state index in [2.05, 4.69) is 43.1 Å². The Balaban J connectivity index is 0.00000210. The SMILES string of the molecule is CC(C)c1ccc(-c2nc(C(=O)N3CCC(OCCCN)CC3)cs2)cc1.Cl.Cl. The standard InChI is InChI=1S/C21H29N3O2S.2ClH/c1-15(2)16-4-6-17(7-5-16)20-23-19(14-27-20)21(25)24-11-8-18(9-12-24)26-13-3-10-22;;/h4-7,14-15,18H,3,8-13,22H2,1-2H3;2*1H. The van der Waals surface area contributed by atoms with Crippen molar-refractivity contribution >= 4 is 42.1 Å². The molecule has 0 atom stereocenters. The summed E-state index contributed by atoms with van der Waals surface area (Å²) in [5.41, 5.74) is 8.42.